The first-order chi connectivity index (χ1) is 4.86. The number of cyclic esters (lactones) is 1. The zero-order chi connectivity index (χ0) is 6.97. The van der Waals surface area contributed by atoms with E-state index in [9.17, 15) is 4.79 Å². The predicted molar refractivity (Wildman–Crippen MR) is 34.6 cm³/mol. The van der Waals surface area contributed by atoms with Gasteiger partial charge < -0.3 is 15.4 Å². The Labute approximate surface area is 58.9 Å². The fourth-order valence-corrected chi connectivity index (χ4v) is 1.45. The molecule has 0 aromatic heterocycles. The maximum atomic E-state index is 10.6. The molecule has 2 heterocycles. The van der Waals surface area contributed by atoms with Crippen molar-refractivity contribution in [2.45, 2.75) is 6.04 Å². The molecule has 0 unspecified atom stereocenters. The largest absolute Gasteiger partial charge is 0.449 e. The Morgan fingerprint density at radius 3 is 3.30 bits per heavy atom. The molecule has 2 aliphatic heterocycles. The number of amides is 1. The normalized spacial score (nSPS) is 38.2. The van der Waals surface area contributed by atoms with Crippen LogP contribution in [0.2, 0.25) is 0 Å². The van der Waals surface area contributed by atoms with Gasteiger partial charge in [-0.3, -0.25) is 0 Å². The van der Waals surface area contributed by atoms with Crippen molar-refractivity contribution in [3.63, 3.8) is 0 Å². The van der Waals surface area contributed by atoms with Gasteiger partial charge in [-0.25, -0.2) is 4.79 Å². The molecule has 0 aromatic rings. The van der Waals surface area contributed by atoms with Crippen LogP contribution in [-0.2, 0) is 4.74 Å². The molecule has 0 aromatic carbocycles. The number of hydrogen-bond acceptors (Lipinski definition) is 3. The van der Waals surface area contributed by atoms with Crippen molar-refractivity contribution in [1.82, 2.24) is 10.6 Å². The van der Waals surface area contributed by atoms with Crippen LogP contribution in [0.3, 0.4) is 0 Å². The average molecular weight is 142 g/mol. The third-order valence-corrected chi connectivity index (χ3v) is 2.07. The predicted octanol–water partition coefficient (Wildman–Crippen LogP) is -0.686. The van der Waals surface area contributed by atoms with Crippen LogP contribution in [0.4, 0.5) is 4.79 Å². The smallest absolute Gasteiger partial charge is 0.407 e. The number of rotatable bonds is 0. The van der Waals surface area contributed by atoms with Crippen molar-refractivity contribution in [3.05, 3.63) is 0 Å². The summed E-state index contributed by atoms with van der Waals surface area (Å²) >= 11 is 0. The Morgan fingerprint density at radius 1 is 1.50 bits per heavy atom. The third-order valence-electron chi connectivity index (χ3n) is 2.07. The molecule has 10 heavy (non-hydrogen) atoms. The van der Waals surface area contributed by atoms with Gasteiger partial charge in [-0.05, 0) is 0 Å². The van der Waals surface area contributed by atoms with Crippen molar-refractivity contribution in [3.8, 4) is 0 Å². The van der Waals surface area contributed by atoms with Crippen LogP contribution >= 0.6 is 0 Å². The van der Waals surface area contributed by atoms with Gasteiger partial charge in [0.25, 0.3) is 0 Å². The van der Waals surface area contributed by atoms with Gasteiger partial charge in [0.2, 0.25) is 0 Å². The van der Waals surface area contributed by atoms with Crippen molar-refractivity contribution in [2.75, 3.05) is 19.7 Å². The quantitative estimate of drug-likeness (QED) is 0.471. The van der Waals surface area contributed by atoms with E-state index >= 15 is 0 Å². The van der Waals surface area contributed by atoms with Crippen LogP contribution in [0.15, 0.2) is 0 Å². The van der Waals surface area contributed by atoms with E-state index in [4.69, 9.17) is 4.74 Å². The van der Waals surface area contributed by atoms with Gasteiger partial charge in [-0.1, -0.05) is 0 Å². The maximum absolute atomic E-state index is 10.6. The van der Waals surface area contributed by atoms with Gasteiger partial charge in [-0.15, -0.1) is 0 Å². The second kappa shape index (κ2) is 2.12. The molecule has 0 radical (unpaired) electrons. The van der Waals surface area contributed by atoms with E-state index in [2.05, 4.69) is 10.6 Å². The fraction of sp³-hybridized carbons (Fsp3) is 0.833. The minimum atomic E-state index is -0.273. The van der Waals surface area contributed by atoms with E-state index < -0.39 is 0 Å². The van der Waals surface area contributed by atoms with Crippen molar-refractivity contribution in [2.24, 2.45) is 5.92 Å². The van der Waals surface area contributed by atoms with Crippen LogP contribution < -0.4 is 10.6 Å². The molecule has 0 aliphatic carbocycles. The molecule has 2 aliphatic rings. The first kappa shape index (κ1) is 5.97. The number of nitrogens with one attached hydrogen (secondary N) is 2. The highest BCUT2D eigenvalue weighted by molar-refractivity contribution is 5.68. The summed E-state index contributed by atoms with van der Waals surface area (Å²) in [6, 6.07) is 0.307. The van der Waals surface area contributed by atoms with Gasteiger partial charge in [0.15, 0.2) is 0 Å². The Hall–Kier alpha value is -0.770. The standard InChI is InChI=1S/C6H10N2O2/c9-6-8-5-2-7-1-4(5)3-10-6/h4-5,7H,1-3H2,(H,8,9)/t4-,5-/m1/s1. The molecule has 2 rings (SSSR count). The second-order valence-electron chi connectivity index (χ2n) is 2.77. The number of alkyl carbamates (subject to hydrolysis) is 1. The molecule has 2 fully saturated rings. The highest BCUT2D eigenvalue weighted by Gasteiger charge is 2.33. The molecule has 4 heteroatoms. The van der Waals surface area contributed by atoms with Crippen LogP contribution in [0.1, 0.15) is 0 Å². The van der Waals surface area contributed by atoms with Gasteiger partial charge in [0.05, 0.1) is 12.6 Å². The van der Waals surface area contributed by atoms with Crippen LogP contribution in [0.25, 0.3) is 0 Å². The molecule has 0 spiro atoms. The van der Waals surface area contributed by atoms with Crippen LogP contribution in [0.5, 0.6) is 0 Å². The molecule has 2 atom stereocenters. The minimum Gasteiger partial charge on any atom is -0.449 e. The Bertz CT molecular complexity index is 160. The lowest BCUT2D eigenvalue weighted by molar-refractivity contribution is 0.0951. The molecule has 0 bridgehead atoms. The van der Waals surface area contributed by atoms with Gasteiger partial charge in [-0.2, -0.15) is 0 Å². The molecular weight excluding hydrogens is 132 g/mol. The lowest BCUT2D eigenvalue weighted by Gasteiger charge is -2.24. The van der Waals surface area contributed by atoms with E-state index in [-0.39, 0.29) is 6.09 Å². The zero-order valence-electron chi connectivity index (χ0n) is 5.59. The van der Waals surface area contributed by atoms with Crippen molar-refractivity contribution < 1.29 is 9.53 Å². The highest BCUT2D eigenvalue weighted by atomic mass is 16.6. The zero-order valence-corrected chi connectivity index (χ0v) is 5.59. The summed E-state index contributed by atoms with van der Waals surface area (Å²) in [7, 11) is 0. The molecular formula is C6H10N2O2. The number of hydrogen-bond donors (Lipinski definition) is 2. The van der Waals surface area contributed by atoms with Gasteiger partial charge >= 0.3 is 6.09 Å². The summed E-state index contributed by atoms with van der Waals surface area (Å²) in [6.07, 6.45) is -0.273. The van der Waals surface area contributed by atoms with Gasteiger partial charge in [0, 0.05) is 19.0 Å². The van der Waals surface area contributed by atoms with E-state index in [1.54, 1.807) is 0 Å². The third kappa shape index (κ3) is 0.844. The van der Waals surface area contributed by atoms with Crippen LogP contribution in [-0.4, -0.2) is 31.8 Å². The topological polar surface area (TPSA) is 50.4 Å². The first-order valence-corrected chi connectivity index (χ1v) is 3.50. The fourth-order valence-electron chi connectivity index (χ4n) is 1.45. The van der Waals surface area contributed by atoms with E-state index in [1.807, 2.05) is 0 Å². The molecule has 4 nitrogen and oxygen atoms in total. The van der Waals surface area contributed by atoms with E-state index in [0.29, 0.717) is 18.6 Å². The van der Waals surface area contributed by atoms with E-state index in [0.717, 1.165) is 13.1 Å². The second-order valence-corrected chi connectivity index (χ2v) is 2.77. The van der Waals surface area contributed by atoms with Crippen molar-refractivity contribution in [1.29, 1.82) is 0 Å². The van der Waals surface area contributed by atoms with E-state index in [1.165, 1.54) is 0 Å². The first-order valence-electron chi connectivity index (χ1n) is 3.50. The Morgan fingerprint density at radius 2 is 2.40 bits per heavy atom. The number of carbonyl (C=O) groups is 1. The highest BCUT2D eigenvalue weighted by Crippen LogP contribution is 2.13. The molecule has 2 saturated heterocycles. The van der Waals surface area contributed by atoms with Gasteiger partial charge in [0.1, 0.15) is 0 Å². The Balaban J connectivity index is 2.03. The monoisotopic (exact) mass is 142 g/mol. The summed E-state index contributed by atoms with van der Waals surface area (Å²) in [6.45, 7) is 2.42. The lowest BCUT2D eigenvalue weighted by atomic mass is 10.0. The number of carbonyl (C=O) groups excluding carboxylic acids is 1. The van der Waals surface area contributed by atoms with Crippen molar-refractivity contribution >= 4 is 6.09 Å². The number of ether oxygens (including phenoxy) is 1. The Kier molecular flexibility index (Phi) is 1.27. The molecule has 56 valence electrons. The minimum absolute atomic E-state index is 0.273. The summed E-state index contributed by atoms with van der Waals surface area (Å²) in [5, 5.41) is 5.94. The lowest BCUT2D eigenvalue weighted by Crippen LogP contribution is -2.47. The summed E-state index contributed by atoms with van der Waals surface area (Å²) < 4.78 is 4.80. The summed E-state index contributed by atoms with van der Waals surface area (Å²) in [4.78, 5) is 10.6. The average Bonchev–Trinajstić information content (AvgIpc) is 2.33. The SMILES string of the molecule is O=C1N[C@@H]2CNC[C@@H]2CO1. The van der Waals surface area contributed by atoms with Crippen LogP contribution in [0, 0.1) is 5.92 Å². The maximum Gasteiger partial charge on any atom is 0.407 e. The summed E-state index contributed by atoms with van der Waals surface area (Å²) in [5.41, 5.74) is 0. The molecule has 1 amide bonds. The molecule has 0 saturated carbocycles. The summed E-state index contributed by atoms with van der Waals surface area (Å²) in [5.74, 6) is 0.484. The number of fused-ring (bicyclic) bond motifs is 1. The molecule has 2 N–H and O–H groups in total.